The molecule has 4 nitrogen and oxygen atoms in total. The largest absolute Gasteiger partial charge is 0.493 e. The summed E-state index contributed by atoms with van der Waals surface area (Å²) in [7, 11) is 0. The number of ketones is 1. The Morgan fingerprint density at radius 2 is 2.06 bits per heavy atom. The molecule has 0 bridgehead atoms. The highest BCUT2D eigenvalue weighted by Crippen LogP contribution is 2.32. The summed E-state index contributed by atoms with van der Waals surface area (Å²) < 4.78 is 5.23. The summed E-state index contributed by atoms with van der Waals surface area (Å²) in [6.45, 7) is 4.99. The summed E-state index contributed by atoms with van der Waals surface area (Å²) in [6.07, 6.45) is 0. The fourth-order valence-electron chi connectivity index (χ4n) is 1.55. The highest BCUT2D eigenvalue weighted by molar-refractivity contribution is 6.35. The van der Waals surface area contributed by atoms with Gasteiger partial charge in [-0.15, -0.1) is 0 Å². The van der Waals surface area contributed by atoms with Crippen LogP contribution in [-0.4, -0.2) is 23.5 Å². The van der Waals surface area contributed by atoms with E-state index < -0.39 is 5.97 Å². The van der Waals surface area contributed by atoms with Crippen LogP contribution in [-0.2, 0) is 0 Å². The second kappa shape index (κ2) is 5.19. The number of carbonyl (C=O) groups is 2. The van der Waals surface area contributed by atoms with Crippen molar-refractivity contribution in [3.8, 4) is 5.75 Å². The highest BCUT2D eigenvalue weighted by Gasteiger charge is 2.21. The molecule has 0 amide bonds. The molecule has 1 N–H and O–H groups in total. The number of ether oxygens (including phenoxy) is 1. The van der Waals surface area contributed by atoms with Crippen LogP contribution in [0.25, 0.3) is 0 Å². The quantitative estimate of drug-likeness (QED) is 0.842. The molecule has 0 aliphatic heterocycles. The van der Waals surface area contributed by atoms with E-state index in [0.717, 1.165) is 0 Å². The van der Waals surface area contributed by atoms with Crippen LogP contribution in [0.2, 0.25) is 5.02 Å². The molecule has 1 aromatic carbocycles. The second-order valence-electron chi connectivity index (χ2n) is 3.53. The van der Waals surface area contributed by atoms with Gasteiger partial charge in [-0.1, -0.05) is 11.6 Å². The lowest BCUT2D eigenvalue weighted by Gasteiger charge is -2.13. The van der Waals surface area contributed by atoms with E-state index in [2.05, 4.69) is 0 Å². The van der Waals surface area contributed by atoms with Gasteiger partial charge in [-0.3, -0.25) is 4.79 Å². The molecular formula is C12H13ClO4. The molecule has 0 spiro atoms. The van der Waals surface area contributed by atoms with Crippen molar-refractivity contribution in [1.82, 2.24) is 0 Å². The van der Waals surface area contributed by atoms with Gasteiger partial charge in [0, 0.05) is 5.56 Å². The molecule has 0 atom stereocenters. The van der Waals surface area contributed by atoms with Crippen molar-refractivity contribution < 1.29 is 19.4 Å². The van der Waals surface area contributed by atoms with Crippen LogP contribution in [0.3, 0.4) is 0 Å². The molecule has 5 heteroatoms. The second-order valence-corrected chi connectivity index (χ2v) is 3.91. The lowest BCUT2D eigenvalue weighted by Crippen LogP contribution is -2.08. The Balaban J connectivity index is 3.56. The van der Waals surface area contributed by atoms with Gasteiger partial charge in [-0.05, 0) is 32.4 Å². The first kappa shape index (κ1) is 13.5. The normalized spacial score (nSPS) is 10.1. The lowest BCUT2D eigenvalue weighted by molar-refractivity contribution is 0.0691. The van der Waals surface area contributed by atoms with E-state index in [9.17, 15) is 9.59 Å². The first-order valence-corrected chi connectivity index (χ1v) is 5.48. The molecule has 0 saturated heterocycles. The standard InChI is InChI=1S/C12H13ClO4/c1-4-17-9-5-8(7(3)14)11(13)6(2)10(9)12(15)16/h5H,4H2,1-3H3,(H,15,16). The average molecular weight is 257 g/mol. The van der Waals surface area contributed by atoms with E-state index in [0.29, 0.717) is 12.2 Å². The fourth-order valence-corrected chi connectivity index (χ4v) is 1.84. The van der Waals surface area contributed by atoms with Gasteiger partial charge in [-0.2, -0.15) is 0 Å². The van der Waals surface area contributed by atoms with E-state index in [1.165, 1.54) is 13.0 Å². The minimum Gasteiger partial charge on any atom is -0.493 e. The Morgan fingerprint density at radius 3 is 2.47 bits per heavy atom. The summed E-state index contributed by atoms with van der Waals surface area (Å²) >= 11 is 5.97. The summed E-state index contributed by atoms with van der Waals surface area (Å²) in [5.74, 6) is -1.17. The summed E-state index contributed by atoms with van der Waals surface area (Å²) in [5, 5.41) is 9.27. The molecule has 92 valence electrons. The number of halogens is 1. The summed E-state index contributed by atoms with van der Waals surface area (Å²) in [5.41, 5.74) is 0.620. The number of hydrogen-bond acceptors (Lipinski definition) is 3. The SMILES string of the molecule is CCOc1cc(C(C)=O)c(Cl)c(C)c1C(=O)O. The molecule has 17 heavy (non-hydrogen) atoms. The van der Waals surface area contributed by atoms with E-state index in [-0.39, 0.29) is 27.7 Å². The van der Waals surface area contributed by atoms with Gasteiger partial charge in [0.05, 0.1) is 11.6 Å². The Hall–Kier alpha value is -1.55. The molecule has 0 heterocycles. The predicted octanol–water partition coefficient (Wildman–Crippen LogP) is 2.95. The Labute approximate surface area is 104 Å². The van der Waals surface area contributed by atoms with Crippen LogP contribution in [0.15, 0.2) is 6.07 Å². The van der Waals surface area contributed by atoms with E-state index >= 15 is 0 Å². The predicted molar refractivity (Wildman–Crippen MR) is 64.3 cm³/mol. The number of rotatable bonds is 4. The number of carboxylic acid groups (broad SMARTS) is 1. The lowest BCUT2D eigenvalue weighted by atomic mass is 10.0. The molecular weight excluding hydrogens is 244 g/mol. The van der Waals surface area contributed by atoms with Gasteiger partial charge in [-0.25, -0.2) is 4.79 Å². The van der Waals surface area contributed by atoms with Crippen molar-refractivity contribution in [1.29, 1.82) is 0 Å². The molecule has 1 aromatic rings. The van der Waals surface area contributed by atoms with Gasteiger partial charge in [0.1, 0.15) is 11.3 Å². The topological polar surface area (TPSA) is 63.6 Å². The monoisotopic (exact) mass is 256 g/mol. The van der Waals surface area contributed by atoms with Crippen LogP contribution in [0.4, 0.5) is 0 Å². The van der Waals surface area contributed by atoms with Crippen molar-refractivity contribution in [3.63, 3.8) is 0 Å². The third-order valence-electron chi connectivity index (χ3n) is 2.36. The van der Waals surface area contributed by atoms with Crippen LogP contribution in [0.1, 0.15) is 40.1 Å². The minimum atomic E-state index is -1.12. The van der Waals surface area contributed by atoms with E-state index in [1.807, 2.05) is 0 Å². The smallest absolute Gasteiger partial charge is 0.339 e. The maximum Gasteiger partial charge on any atom is 0.339 e. The Bertz CT molecular complexity index is 480. The van der Waals surface area contributed by atoms with Crippen molar-refractivity contribution in [2.45, 2.75) is 20.8 Å². The van der Waals surface area contributed by atoms with Crippen LogP contribution in [0, 0.1) is 6.92 Å². The van der Waals surface area contributed by atoms with Crippen LogP contribution >= 0.6 is 11.6 Å². The third-order valence-corrected chi connectivity index (χ3v) is 2.84. The first-order valence-electron chi connectivity index (χ1n) is 5.10. The Kier molecular flexibility index (Phi) is 4.12. The first-order chi connectivity index (χ1) is 7.90. The van der Waals surface area contributed by atoms with Gasteiger partial charge < -0.3 is 9.84 Å². The molecule has 1 rings (SSSR count). The number of aromatic carboxylic acids is 1. The molecule has 0 aromatic heterocycles. The van der Waals surface area contributed by atoms with E-state index in [1.54, 1.807) is 13.8 Å². The zero-order valence-electron chi connectivity index (χ0n) is 9.83. The van der Waals surface area contributed by atoms with Gasteiger partial charge >= 0.3 is 5.97 Å². The summed E-state index contributed by atoms with van der Waals surface area (Å²) in [6, 6.07) is 1.38. The number of carboxylic acids is 1. The molecule has 0 aliphatic rings. The molecule has 0 saturated carbocycles. The van der Waals surface area contributed by atoms with Gasteiger partial charge in [0.25, 0.3) is 0 Å². The fraction of sp³-hybridized carbons (Fsp3) is 0.333. The number of carbonyl (C=O) groups excluding carboxylic acids is 1. The zero-order chi connectivity index (χ0) is 13.2. The van der Waals surface area contributed by atoms with E-state index in [4.69, 9.17) is 21.4 Å². The minimum absolute atomic E-state index is 0.00171. The third kappa shape index (κ3) is 2.58. The van der Waals surface area contributed by atoms with Crippen molar-refractivity contribution >= 4 is 23.4 Å². The molecule has 0 unspecified atom stereocenters. The van der Waals surface area contributed by atoms with Crippen molar-refractivity contribution in [2.75, 3.05) is 6.61 Å². The average Bonchev–Trinajstić information content (AvgIpc) is 2.22. The van der Waals surface area contributed by atoms with Gasteiger partial charge in [0.15, 0.2) is 5.78 Å². The Morgan fingerprint density at radius 1 is 1.47 bits per heavy atom. The number of Topliss-reactive ketones (excluding diaryl/α,β-unsaturated/α-hetero) is 1. The molecule has 0 aliphatic carbocycles. The molecule has 0 radical (unpaired) electrons. The summed E-state index contributed by atoms with van der Waals surface area (Å²) in [4.78, 5) is 22.5. The zero-order valence-corrected chi connectivity index (χ0v) is 10.6. The van der Waals surface area contributed by atoms with Crippen molar-refractivity contribution in [3.05, 3.63) is 27.8 Å². The van der Waals surface area contributed by atoms with Crippen LogP contribution < -0.4 is 4.74 Å². The van der Waals surface area contributed by atoms with Gasteiger partial charge in [0.2, 0.25) is 0 Å². The number of hydrogen-bond donors (Lipinski definition) is 1. The van der Waals surface area contributed by atoms with Crippen LogP contribution in [0.5, 0.6) is 5.75 Å². The maximum atomic E-state index is 11.4. The highest BCUT2D eigenvalue weighted by atomic mass is 35.5. The maximum absolute atomic E-state index is 11.4. The number of benzene rings is 1. The molecule has 0 fully saturated rings. The van der Waals surface area contributed by atoms with Crippen molar-refractivity contribution in [2.24, 2.45) is 0 Å².